The van der Waals surface area contributed by atoms with Gasteiger partial charge in [-0.05, 0) is 31.0 Å². The smallest absolute Gasteiger partial charge is 0.234 e. The monoisotopic (exact) mass is 300 g/mol. The number of hydrogen-bond acceptors (Lipinski definition) is 2. The van der Waals surface area contributed by atoms with E-state index in [4.69, 9.17) is 0 Å². The standard InChI is InChI=1S/C18H21FN2O/c19-17-11-5-4-10-16(17)13-21-18(22)14-20-12-6-9-15-7-2-1-3-8-15/h1-5,7-8,10-11,20H,6,9,12-14H2,(H,21,22). The predicted octanol–water partition coefficient (Wildman–Crippen LogP) is 2.66. The molecule has 0 saturated heterocycles. The van der Waals surface area contributed by atoms with Crippen LogP contribution in [0.4, 0.5) is 4.39 Å². The van der Waals surface area contributed by atoms with Gasteiger partial charge in [-0.15, -0.1) is 0 Å². The summed E-state index contributed by atoms with van der Waals surface area (Å²) in [6.45, 7) is 1.25. The summed E-state index contributed by atoms with van der Waals surface area (Å²) in [5.74, 6) is -0.415. The third-order valence-electron chi connectivity index (χ3n) is 3.38. The zero-order valence-corrected chi connectivity index (χ0v) is 12.5. The van der Waals surface area contributed by atoms with E-state index < -0.39 is 0 Å². The van der Waals surface area contributed by atoms with Crippen molar-refractivity contribution in [3.8, 4) is 0 Å². The fourth-order valence-corrected chi connectivity index (χ4v) is 2.16. The first kappa shape index (κ1) is 16.2. The number of benzene rings is 2. The van der Waals surface area contributed by atoms with Gasteiger partial charge in [-0.3, -0.25) is 4.79 Å². The van der Waals surface area contributed by atoms with Crippen LogP contribution in [0.15, 0.2) is 54.6 Å². The molecule has 0 aromatic heterocycles. The Morgan fingerprint density at radius 2 is 1.73 bits per heavy atom. The molecule has 0 aliphatic carbocycles. The molecular formula is C18H21FN2O. The van der Waals surface area contributed by atoms with Crippen LogP contribution in [0.1, 0.15) is 17.5 Å². The first-order valence-corrected chi connectivity index (χ1v) is 7.50. The number of aryl methyl sites for hydroxylation is 1. The van der Waals surface area contributed by atoms with E-state index in [2.05, 4.69) is 22.8 Å². The van der Waals surface area contributed by atoms with E-state index in [0.29, 0.717) is 5.56 Å². The van der Waals surface area contributed by atoms with Gasteiger partial charge in [0.25, 0.3) is 0 Å². The molecule has 3 nitrogen and oxygen atoms in total. The van der Waals surface area contributed by atoms with Gasteiger partial charge in [0.1, 0.15) is 5.82 Å². The molecule has 0 aliphatic heterocycles. The van der Waals surface area contributed by atoms with Crippen molar-refractivity contribution in [2.45, 2.75) is 19.4 Å². The molecule has 0 radical (unpaired) electrons. The molecule has 2 N–H and O–H groups in total. The summed E-state index contributed by atoms with van der Waals surface area (Å²) in [7, 11) is 0. The first-order valence-electron chi connectivity index (χ1n) is 7.50. The third kappa shape index (κ3) is 5.66. The third-order valence-corrected chi connectivity index (χ3v) is 3.38. The molecule has 4 heteroatoms. The summed E-state index contributed by atoms with van der Waals surface area (Å²) in [6, 6.07) is 16.7. The van der Waals surface area contributed by atoms with Crippen LogP contribution in [0.5, 0.6) is 0 Å². The second-order valence-corrected chi connectivity index (χ2v) is 5.13. The maximum atomic E-state index is 13.4. The first-order chi connectivity index (χ1) is 10.8. The lowest BCUT2D eigenvalue weighted by molar-refractivity contribution is -0.120. The second-order valence-electron chi connectivity index (χ2n) is 5.13. The Balaban J connectivity index is 1.57. The highest BCUT2D eigenvalue weighted by molar-refractivity contribution is 5.77. The Kier molecular flexibility index (Phi) is 6.58. The van der Waals surface area contributed by atoms with Crippen LogP contribution >= 0.6 is 0 Å². The number of hydrogen-bond donors (Lipinski definition) is 2. The van der Waals surface area contributed by atoms with Crippen molar-refractivity contribution < 1.29 is 9.18 Å². The SMILES string of the molecule is O=C(CNCCCc1ccccc1)NCc1ccccc1F. The average molecular weight is 300 g/mol. The normalized spacial score (nSPS) is 10.4. The molecule has 0 fully saturated rings. The largest absolute Gasteiger partial charge is 0.351 e. The van der Waals surface area contributed by atoms with E-state index in [1.807, 2.05) is 18.2 Å². The van der Waals surface area contributed by atoms with Crippen LogP contribution in [-0.2, 0) is 17.8 Å². The minimum atomic E-state index is -0.293. The topological polar surface area (TPSA) is 41.1 Å². The lowest BCUT2D eigenvalue weighted by Crippen LogP contribution is -2.34. The number of nitrogens with one attached hydrogen (secondary N) is 2. The number of carbonyl (C=O) groups excluding carboxylic acids is 1. The lowest BCUT2D eigenvalue weighted by Gasteiger charge is -2.07. The summed E-state index contributed by atoms with van der Waals surface area (Å²) in [5.41, 5.74) is 1.80. The zero-order chi connectivity index (χ0) is 15.6. The molecule has 0 saturated carbocycles. The molecule has 2 aromatic carbocycles. The van der Waals surface area contributed by atoms with Gasteiger partial charge in [-0.25, -0.2) is 4.39 Å². The van der Waals surface area contributed by atoms with Crippen molar-refractivity contribution in [1.29, 1.82) is 0 Å². The fraction of sp³-hybridized carbons (Fsp3) is 0.278. The molecule has 0 bridgehead atoms. The average Bonchev–Trinajstić information content (AvgIpc) is 2.55. The summed E-state index contributed by atoms with van der Waals surface area (Å²) >= 11 is 0. The molecule has 0 atom stereocenters. The summed E-state index contributed by atoms with van der Waals surface area (Å²) in [4.78, 5) is 11.7. The highest BCUT2D eigenvalue weighted by Crippen LogP contribution is 2.05. The van der Waals surface area contributed by atoms with Crippen LogP contribution in [0.25, 0.3) is 0 Å². The van der Waals surface area contributed by atoms with Crippen molar-refractivity contribution in [3.63, 3.8) is 0 Å². The van der Waals surface area contributed by atoms with Gasteiger partial charge >= 0.3 is 0 Å². The molecule has 116 valence electrons. The fourth-order valence-electron chi connectivity index (χ4n) is 2.16. The van der Waals surface area contributed by atoms with Crippen molar-refractivity contribution >= 4 is 5.91 Å². The van der Waals surface area contributed by atoms with Gasteiger partial charge < -0.3 is 10.6 Å². The van der Waals surface area contributed by atoms with Crippen LogP contribution < -0.4 is 10.6 Å². The Labute approximate surface area is 130 Å². The minimum Gasteiger partial charge on any atom is -0.351 e. The molecular weight excluding hydrogens is 279 g/mol. The molecule has 2 rings (SSSR count). The zero-order valence-electron chi connectivity index (χ0n) is 12.5. The Hall–Kier alpha value is -2.20. The molecule has 0 heterocycles. The highest BCUT2D eigenvalue weighted by atomic mass is 19.1. The van der Waals surface area contributed by atoms with Crippen molar-refractivity contribution in [2.24, 2.45) is 0 Å². The van der Waals surface area contributed by atoms with Gasteiger partial charge in [0.05, 0.1) is 6.54 Å². The maximum absolute atomic E-state index is 13.4. The van der Waals surface area contributed by atoms with Gasteiger partial charge in [-0.2, -0.15) is 0 Å². The van der Waals surface area contributed by atoms with Crippen molar-refractivity contribution in [3.05, 3.63) is 71.5 Å². The molecule has 0 aliphatic rings. The Morgan fingerprint density at radius 3 is 2.50 bits per heavy atom. The van der Waals surface area contributed by atoms with Crippen LogP contribution in [0.2, 0.25) is 0 Å². The van der Waals surface area contributed by atoms with E-state index in [1.165, 1.54) is 11.6 Å². The van der Waals surface area contributed by atoms with E-state index >= 15 is 0 Å². The number of carbonyl (C=O) groups is 1. The van der Waals surface area contributed by atoms with Crippen molar-refractivity contribution in [1.82, 2.24) is 10.6 Å². The number of rotatable bonds is 8. The van der Waals surface area contributed by atoms with Gasteiger partial charge in [0.2, 0.25) is 5.91 Å². The molecule has 2 aromatic rings. The highest BCUT2D eigenvalue weighted by Gasteiger charge is 2.03. The second kappa shape index (κ2) is 8.95. The summed E-state index contributed by atoms with van der Waals surface area (Å²) < 4.78 is 13.4. The molecule has 0 unspecified atom stereocenters. The molecule has 1 amide bonds. The predicted molar refractivity (Wildman–Crippen MR) is 85.9 cm³/mol. The lowest BCUT2D eigenvalue weighted by atomic mass is 10.1. The van der Waals surface area contributed by atoms with E-state index in [0.717, 1.165) is 19.4 Å². The number of halogens is 1. The molecule has 22 heavy (non-hydrogen) atoms. The van der Waals surface area contributed by atoms with E-state index in [1.54, 1.807) is 18.2 Å². The summed E-state index contributed by atoms with van der Waals surface area (Å²) in [5, 5.41) is 5.81. The van der Waals surface area contributed by atoms with Crippen molar-refractivity contribution in [2.75, 3.05) is 13.1 Å². The van der Waals surface area contributed by atoms with Crippen LogP contribution in [-0.4, -0.2) is 19.0 Å². The Bertz CT molecular complexity index is 587. The summed E-state index contributed by atoms with van der Waals surface area (Å²) in [6.07, 6.45) is 1.97. The van der Waals surface area contributed by atoms with Crippen LogP contribution in [0.3, 0.4) is 0 Å². The maximum Gasteiger partial charge on any atom is 0.234 e. The van der Waals surface area contributed by atoms with E-state index in [9.17, 15) is 9.18 Å². The van der Waals surface area contributed by atoms with E-state index in [-0.39, 0.29) is 24.8 Å². The van der Waals surface area contributed by atoms with Gasteiger partial charge in [0.15, 0.2) is 0 Å². The number of amides is 1. The van der Waals surface area contributed by atoms with Crippen LogP contribution in [0, 0.1) is 5.82 Å². The van der Waals surface area contributed by atoms with Gasteiger partial charge in [0, 0.05) is 12.1 Å². The minimum absolute atomic E-state index is 0.122. The Morgan fingerprint density at radius 1 is 1.00 bits per heavy atom. The molecule has 0 spiro atoms. The van der Waals surface area contributed by atoms with Gasteiger partial charge in [-0.1, -0.05) is 48.5 Å². The quantitative estimate of drug-likeness (QED) is 0.736.